The van der Waals surface area contributed by atoms with E-state index in [1.807, 2.05) is 13.0 Å². The maximum atomic E-state index is 12.6. The number of aliphatic hydroxyl groups is 1. The van der Waals surface area contributed by atoms with Gasteiger partial charge in [-0.15, -0.1) is 0 Å². The summed E-state index contributed by atoms with van der Waals surface area (Å²) in [4.78, 5) is 38.3. The lowest BCUT2D eigenvalue weighted by Gasteiger charge is -2.47. The molecule has 2 aliphatic rings. The average Bonchev–Trinajstić information content (AvgIpc) is 2.80. The molecule has 0 unspecified atom stereocenters. The van der Waals surface area contributed by atoms with E-state index in [0.29, 0.717) is 30.8 Å². The van der Waals surface area contributed by atoms with Gasteiger partial charge in [0.25, 0.3) is 5.91 Å². The minimum absolute atomic E-state index is 0.0969. The average molecular weight is 457 g/mol. The van der Waals surface area contributed by atoms with Crippen molar-refractivity contribution in [3.8, 4) is 5.75 Å². The molecule has 2 amide bonds. The van der Waals surface area contributed by atoms with Crippen molar-refractivity contribution in [1.29, 1.82) is 0 Å². The first kappa shape index (κ1) is 23.3. The van der Waals surface area contributed by atoms with Gasteiger partial charge < -0.3 is 24.5 Å². The molecular formula is C25H32N2O6. The van der Waals surface area contributed by atoms with E-state index in [0.717, 1.165) is 49.5 Å². The van der Waals surface area contributed by atoms with Crippen LogP contribution >= 0.6 is 0 Å². The van der Waals surface area contributed by atoms with Crippen LogP contribution in [-0.4, -0.2) is 53.7 Å². The Balaban J connectivity index is 1.27. The molecule has 2 fully saturated rings. The highest BCUT2D eigenvalue weighted by Crippen LogP contribution is 2.39. The SMILES string of the molecule is CCCc1cc(=O)oc2cc(OCC(=O)NCC(=O)N3CC[C@]4(O)CCCC[C@@H]4C3)ccc12. The summed E-state index contributed by atoms with van der Waals surface area (Å²) in [7, 11) is 0. The fourth-order valence-electron chi connectivity index (χ4n) is 5.06. The van der Waals surface area contributed by atoms with Crippen molar-refractivity contribution in [3.63, 3.8) is 0 Å². The number of likely N-dealkylation sites (tertiary alicyclic amines) is 1. The number of carbonyl (C=O) groups excluding carboxylic acids is 2. The molecule has 8 nitrogen and oxygen atoms in total. The number of aryl methyl sites for hydroxylation is 1. The second kappa shape index (κ2) is 9.95. The van der Waals surface area contributed by atoms with Gasteiger partial charge in [0.1, 0.15) is 11.3 Å². The van der Waals surface area contributed by atoms with E-state index < -0.39 is 17.1 Å². The Kier molecular flexibility index (Phi) is 7.02. The zero-order valence-corrected chi connectivity index (χ0v) is 19.1. The van der Waals surface area contributed by atoms with Gasteiger partial charge in [-0.1, -0.05) is 26.2 Å². The molecule has 1 aromatic carbocycles. The van der Waals surface area contributed by atoms with Crippen LogP contribution in [0.3, 0.4) is 0 Å². The van der Waals surface area contributed by atoms with E-state index >= 15 is 0 Å². The highest BCUT2D eigenvalue weighted by atomic mass is 16.5. The second-order valence-corrected chi connectivity index (χ2v) is 9.20. The minimum atomic E-state index is -0.636. The Labute approximate surface area is 192 Å². The lowest BCUT2D eigenvalue weighted by atomic mass is 9.71. The van der Waals surface area contributed by atoms with Gasteiger partial charge in [0, 0.05) is 36.5 Å². The Hall–Kier alpha value is -2.87. The number of carbonyl (C=O) groups is 2. The Morgan fingerprint density at radius 2 is 2.12 bits per heavy atom. The number of nitrogens with one attached hydrogen (secondary N) is 1. The van der Waals surface area contributed by atoms with Crippen molar-refractivity contribution in [2.75, 3.05) is 26.2 Å². The number of piperidine rings is 1. The van der Waals surface area contributed by atoms with Crippen LogP contribution in [0.4, 0.5) is 0 Å². The molecule has 2 N–H and O–H groups in total. The van der Waals surface area contributed by atoms with Gasteiger partial charge in [-0.3, -0.25) is 9.59 Å². The first-order valence-corrected chi connectivity index (χ1v) is 11.8. The molecule has 33 heavy (non-hydrogen) atoms. The van der Waals surface area contributed by atoms with E-state index in [2.05, 4.69) is 5.32 Å². The third-order valence-corrected chi connectivity index (χ3v) is 6.91. The second-order valence-electron chi connectivity index (χ2n) is 9.20. The molecule has 1 aliphatic heterocycles. The van der Waals surface area contributed by atoms with Crippen molar-refractivity contribution in [1.82, 2.24) is 10.2 Å². The highest BCUT2D eigenvalue weighted by molar-refractivity contribution is 5.86. The van der Waals surface area contributed by atoms with Crippen molar-refractivity contribution >= 4 is 22.8 Å². The molecule has 1 aromatic heterocycles. The molecule has 4 rings (SSSR count). The van der Waals surface area contributed by atoms with Gasteiger partial charge in [-0.05, 0) is 43.4 Å². The summed E-state index contributed by atoms with van der Waals surface area (Å²) in [6.45, 7) is 2.76. The predicted molar refractivity (Wildman–Crippen MR) is 123 cm³/mol. The molecule has 1 aliphatic carbocycles. The molecule has 0 spiro atoms. The van der Waals surface area contributed by atoms with Crippen molar-refractivity contribution < 1.29 is 23.8 Å². The van der Waals surface area contributed by atoms with Crippen LogP contribution in [-0.2, 0) is 16.0 Å². The van der Waals surface area contributed by atoms with Crippen LogP contribution in [0.5, 0.6) is 5.75 Å². The summed E-state index contributed by atoms with van der Waals surface area (Å²) < 4.78 is 10.8. The van der Waals surface area contributed by atoms with E-state index in [1.54, 1.807) is 17.0 Å². The smallest absolute Gasteiger partial charge is 0.336 e. The Morgan fingerprint density at radius 1 is 1.27 bits per heavy atom. The molecule has 2 atom stereocenters. The Bertz CT molecular complexity index is 1080. The fourth-order valence-corrected chi connectivity index (χ4v) is 5.06. The summed E-state index contributed by atoms with van der Waals surface area (Å²) >= 11 is 0. The topological polar surface area (TPSA) is 109 Å². The third kappa shape index (κ3) is 5.38. The number of fused-ring (bicyclic) bond motifs is 2. The first-order valence-electron chi connectivity index (χ1n) is 11.8. The van der Waals surface area contributed by atoms with Gasteiger partial charge in [0.2, 0.25) is 5.91 Å². The van der Waals surface area contributed by atoms with Crippen LogP contribution in [0, 0.1) is 5.92 Å². The molecule has 2 aromatic rings. The molecule has 2 heterocycles. The molecule has 0 radical (unpaired) electrons. The first-order chi connectivity index (χ1) is 15.9. The summed E-state index contributed by atoms with van der Waals surface area (Å²) in [5, 5.41) is 14.2. The van der Waals surface area contributed by atoms with Gasteiger partial charge >= 0.3 is 5.63 Å². The van der Waals surface area contributed by atoms with Gasteiger partial charge in [-0.2, -0.15) is 0 Å². The number of amides is 2. The lowest BCUT2D eigenvalue weighted by Crippen LogP contribution is -2.56. The number of rotatable bonds is 7. The van der Waals surface area contributed by atoms with Crippen LogP contribution in [0.15, 0.2) is 33.5 Å². The Morgan fingerprint density at radius 3 is 2.94 bits per heavy atom. The number of hydrogen-bond donors (Lipinski definition) is 2. The maximum Gasteiger partial charge on any atom is 0.336 e. The summed E-state index contributed by atoms with van der Waals surface area (Å²) in [5.74, 6) is -0.0232. The van der Waals surface area contributed by atoms with Crippen LogP contribution < -0.4 is 15.7 Å². The quantitative estimate of drug-likeness (QED) is 0.620. The zero-order chi connectivity index (χ0) is 23.4. The number of ether oxygens (including phenoxy) is 1. The standard InChI is InChI=1S/C25H32N2O6/c1-2-5-17-12-24(30)33-21-13-19(7-8-20(17)21)32-16-22(28)26-14-23(29)27-11-10-25(31)9-4-3-6-18(25)15-27/h7-8,12-13,18,31H,2-6,9-11,14-16H2,1H3,(H,26,28)/t18-,25-/m1/s1. The fraction of sp³-hybridized carbons (Fsp3) is 0.560. The van der Waals surface area contributed by atoms with Crippen molar-refractivity contribution in [2.24, 2.45) is 5.92 Å². The molecule has 0 bridgehead atoms. The lowest BCUT2D eigenvalue weighted by molar-refractivity contribution is -0.143. The van der Waals surface area contributed by atoms with E-state index in [9.17, 15) is 19.5 Å². The number of hydrogen-bond acceptors (Lipinski definition) is 6. The largest absolute Gasteiger partial charge is 0.484 e. The normalized spacial score (nSPS) is 22.6. The van der Waals surface area contributed by atoms with Crippen LogP contribution in [0.1, 0.15) is 51.0 Å². The van der Waals surface area contributed by atoms with Gasteiger partial charge in [0.15, 0.2) is 6.61 Å². The molecule has 1 saturated carbocycles. The van der Waals surface area contributed by atoms with E-state index in [4.69, 9.17) is 9.15 Å². The highest BCUT2D eigenvalue weighted by Gasteiger charge is 2.43. The molecule has 1 saturated heterocycles. The molecule has 178 valence electrons. The molecular weight excluding hydrogens is 424 g/mol. The summed E-state index contributed by atoms with van der Waals surface area (Å²) in [6, 6.07) is 6.67. The molecule has 8 heteroatoms. The van der Waals surface area contributed by atoms with Crippen molar-refractivity contribution in [3.05, 3.63) is 40.2 Å². The summed E-state index contributed by atoms with van der Waals surface area (Å²) in [5.41, 5.74) is 0.300. The van der Waals surface area contributed by atoms with E-state index in [-0.39, 0.29) is 25.0 Å². The minimum Gasteiger partial charge on any atom is -0.484 e. The maximum absolute atomic E-state index is 12.6. The van der Waals surface area contributed by atoms with Crippen LogP contribution in [0.2, 0.25) is 0 Å². The number of benzene rings is 1. The van der Waals surface area contributed by atoms with Crippen molar-refractivity contribution in [2.45, 2.75) is 57.5 Å². The predicted octanol–water partition coefficient (Wildman–Crippen LogP) is 2.39. The zero-order valence-electron chi connectivity index (χ0n) is 19.1. The summed E-state index contributed by atoms with van der Waals surface area (Å²) in [6.07, 6.45) is 6.16. The third-order valence-electron chi connectivity index (χ3n) is 6.91. The van der Waals surface area contributed by atoms with Crippen LogP contribution in [0.25, 0.3) is 11.0 Å². The number of nitrogens with zero attached hydrogens (tertiary/aromatic N) is 1. The van der Waals surface area contributed by atoms with Gasteiger partial charge in [-0.25, -0.2) is 4.79 Å². The van der Waals surface area contributed by atoms with E-state index in [1.165, 1.54) is 6.07 Å². The van der Waals surface area contributed by atoms with Gasteiger partial charge in [0.05, 0.1) is 12.1 Å². The monoisotopic (exact) mass is 456 g/mol.